The summed E-state index contributed by atoms with van der Waals surface area (Å²) in [6.07, 6.45) is -0.175. The second kappa shape index (κ2) is 5.87. The SMILES string of the molecule is O=C1C[C@@H](C(=O)Nc2cc(F)c(F)c(F)c2)n2c(nc3ccccc32)N1. The van der Waals surface area contributed by atoms with E-state index in [9.17, 15) is 22.8 Å². The molecule has 2 amide bonds. The van der Waals surface area contributed by atoms with Crippen molar-refractivity contribution in [2.75, 3.05) is 10.6 Å². The number of rotatable bonds is 2. The minimum absolute atomic E-state index is 0.175. The van der Waals surface area contributed by atoms with Crippen LogP contribution in [0.1, 0.15) is 12.5 Å². The number of halogens is 3. The molecule has 0 saturated heterocycles. The van der Waals surface area contributed by atoms with Crippen molar-refractivity contribution in [3.05, 3.63) is 53.8 Å². The topological polar surface area (TPSA) is 76.0 Å². The number of anilines is 2. The first-order valence-electron chi connectivity index (χ1n) is 7.66. The first-order valence-corrected chi connectivity index (χ1v) is 7.66. The standard InChI is InChI=1S/C17H11F3N4O2/c18-9-5-8(6-10(19)15(9)20)21-16(26)13-7-14(25)23-17-22-11-3-1-2-4-12(11)24(13)17/h1-6,13H,7H2,(H,21,26)(H,22,23,25)/t13-/m0/s1. The maximum Gasteiger partial charge on any atom is 0.248 e. The van der Waals surface area contributed by atoms with Gasteiger partial charge in [-0.2, -0.15) is 0 Å². The molecule has 0 unspecified atom stereocenters. The van der Waals surface area contributed by atoms with Crippen molar-refractivity contribution in [1.29, 1.82) is 0 Å². The van der Waals surface area contributed by atoms with Gasteiger partial charge in [-0.15, -0.1) is 0 Å². The molecule has 1 aromatic heterocycles. The molecular formula is C17H11F3N4O2. The summed E-state index contributed by atoms with van der Waals surface area (Å²) in [5.41, 5.74) is 0.962. The summed E-state index contributed by atoms with van der Waals surface area (Å²) in [6, 6.07) is 7.36. The smallest absolute Gasteiger partial charge is 0.248 e. The van der Waals surface area contributed by atoms with Crippen LogP contribution in [-0.4, -0.2) is 21.4 Å². The Hall–Kier alpha value is -3.36. The second-order valence-corrected chi connectivity index (χ2v) is 5.81. The molecule has 0 radical (unpaired) electrons. The van der Waals surface area contributed by atoms with Gasteiger partial charge in [-0.1, -0.05) is 12.1 Å². The predicted octanol–water partition coefficient (Wildman–Crippen LogP) is 2.98. The van der Waals surface area contributed by atoms with Gasteiger partial charge in [0.25, 0.3) is 0 Å². The number of para-hydroxylation sites is 2. The molecule has 26 heavy (non-hydrogen) atoms. The number of carbonyl (C=O) groups excluding carboxylic acids is 2. The Labute approximate surface area is 144 Å². The van der Waals surface area contributed by atoms with Crippen LogP contribution in [0.2, 0.25) is 0 Å². The average Bonchev–Trinajstić information content (AvgIpc) is 2.96. The summed E-state index contributed by atoms with van der Waals surface area (Å²) < 4.78 is 41.3. The molecule has 1 aliphatic rings. The number of benzene rings is 2. The summed E-state index contributed by atoms with van der Waals surface area (Å²) in [5.74, 6) is -5.34. The third-order valence-corrected chi connectivity index (χ3v) is 4.09. The molecular weight excluding hydrogens is 349 g/mol. The quantitative estimate of drug-likeness (QED) is 0.690. The van der Waals surface area contributed by atoms with Gasteiger partial charge in [0.05, 0.1) is 17.5 Å². The molecule has 9 heteroatoms. The van der Waals surface area contributed by atoms with E-state index >= 15 is 0 Å². The molecule has 2 N–H and O–H groups in total. The Morgan fingerprint density at radius 1 is 1.19 bits per heavy atom. The van der Waals surface area contributed by atoms with Crippen molar-refractivity contribution >= 4 is 34.5 Å². The van der Waals surface area contributed by atoms with Gasteiger partial charge >= 0.3 is 0 Å². The van der Waals surface area contributed by atoms with Gasteiger partial charge in [0.2, 0.25) is 17.8 Å². The first kappa shape index (κ1) is 16.1. The van der Waals surface area contributed by atoms with Crippen LogP contribution in [0.25, 0.3) is 11.0 Å². The molecule has 0 spiro atoms. The van der Waals surface area contributed by atoms with E-state index in [1.807, 2.05) is 0 Å². The van der Waals surface area contributed by atoms with E-state index in [4.69, 9.17) is 0 Å². The minimum atomic E-state index is -1.62. The lowest BCUT2D eigenvalue weighted by Gasteiger charge is -2.25. The summed E-state index contributed by atoms with van der Waals surface area (Å²) in [6.45, 7) is 0. The Kier molecular flexibility index (Phi) is 3.64. The Morgan fingerprint density at radius 2 is 1.88 bits per heavy atom. The van der Waals surface area contributed by atoms with Gasteiger partial charge < -0.3 is 5.32 Å². The van der Waals surface area contributed by atoms with Gasteiger partial charge in [-0.3, -0.25) is 19.5 Å². The van der Waals surface area contributed by atoms with E-state index in [1.54, 1.807) is 28.8 Å². The zero-order valence-electron chi connectivity index (χ0n) is 13.1. The number of fused-ring (bicyclic) bond motifs is 3. The third kappa shape index (κ3) is 2.57. The van der Waals surface area contributed by atoms with Crippen LogP contribution in [0.5, 0.6) is 0 Å². The largest absolute Gasteiger partial charge is 0.324 e. The van der Waals surface area contributed by atoms with E-state index in [-0.39, 0.29) is 18.1 Å². The van der Waals surface area contributed by atoms with E-state index in [0.717, 1.165) is 0 Å². The Morgan fingerprint density at radius 3 is 2.62 bits per heavy atom. The fourth-order valence-corrected chi connectivity index (χ4v) is 2.95. The molecule has 0 fully saturated rings. The molecule has 1 atom stereocenters. The van der Waals surface area contributed by atoms with Crippen LogP contribution < -0.4 is 10.6 Å². The monoisotopic (exact) mass is 360 g/mol. The normalized spacial score (nSPS) is 16.3. The fourth-order valence-electron chi connectivity index (χ4n) is 2.95. The van der Waals surface area contributed by atoms with Gasteiger partial charge in [-0.05, 0) is 12.1 Å². The van der Waals surface area contributed by atoms with Crippen molar-refractivity contribution in [1.82, 2.24) is 9.55 Å². The van der Waals surface area contributed by atoms with E-state index < -0.39 is 35.3 Å². The lowest BCUT2D eigenvalue weighted by atomic mass is 10.1. The highest BCUT2D eigenvalue weighted by molar-refractivity contribution is 6.02. The molecule has 132 valence electrons. The summed E-state index contributed by atoms with van der Waals surface area (Å²) >= 11 is 0. The van der Waals surface area contributed by atoms with Crippen LogP contribution in [0.3, 0.4) is 0 Å². The van der Waals surface area contributed by atoms with Crippen LogP contribution in [-0.2, 0) is 9.59 Å². The predicted molar refractivity (Wildman–Crippen MR) is 87.0 cm³/mol. The van der Waals surface area contributed by atoms with E-state index in [2.05, 4.69) is 15.6 Å². The number of nitrogens with zero attached hydrogens (tertiary/aromatic N) is 2. The van der Waals surface area contributed by atoms with Crippen molar-refractivity contribution < 1.29 is 22.8 Å². The van der Waals surface area contributed by atoms with Crippen LogP contribution in [0.4, 0.5) is 24.8 Å². The molecule has 6 nitrogen and oxygen atoms in total. The van der Waals surface area contributed by atoms with Gasteiger partial charge in [0.1, 0.15) is 6.04 Å². The van der Waals surface area contributed by atoms with Crippen molar-refractivity contribution in [2.24, 2.45) is 0 Å². The molecule has 2 heterocycles. The molecule has 3 aromatic rings. The number of amides is 2. The third-order valence-electron chi connectivity index (χ3n) is 4.09. The number of nitrogens with one attached hydrogen (secondary N) is 2. The zero-order valence-corrected chi connectivity index (χ0v) is 13.1. The molecule has 0 bridgehead atoms. The number of aromatic nitrogens is 2. The molecule has 1 aliphatic heterocycles. The highest BCUT2D eigenvalue weighted by Gasteiger charge is 2.33. The van der Waals surface area contributed by atoms with Crippen molar-refractivity contribution in [2.45, 2.75) is 12.5 Å². The molecule has 0 aliphatic carbocycles. The average molecular weight is 360 g/mol. The lowest BCUT2D eigenvalue weighted by molar-refractivity contribution is -0.124. The number of hydrogen-bond donors (Lipinski definition) is 2. The Balaban J connectivity index is 1.72. The number of hydrogen-bond acceptors (Lipinski definition) is 3. The second-order valence-electron chi connectivity index (χ2n) is 5.81. The van der Waals surface area contributed by atoms with E-state index in [0.29, 0.717) is 23.2 Å². The maximum absolute atomic E-state index is 13.3. The first-order chi connectivity index (χ1) is 12.4. The summed E-state index contributed by atoms with van der Waals surface area (Å²) in [4.78, 5) is 28.8. The summed E-state index contributed by atoms with van der Waals surface area (Å²) in [5, 5.41) is 4.91. The van der Waals surface area contributed by atoms with Crippen molar-refractivity contribution in [3.8, 4) is 0 Å². The molecule has 4 rings (SSSR count). The van der Waals surface area contributed by atoms with Crippen LogP contribution >= 0.6 is 0 Å². The zero-order chi connectivity index (χ0) is 18.4. The maximum atomic E-state index is 13.3. The van der Waals surface area contributed by atoms with Gasteiger partial charge in [0, 0.05) is 17.8 Å². The minimum Gasteiger partial charge on any atom is -0.324 e. The Bertz CT molecular complexity index is 1040. The highest BCUT2D eigenvalue weighted by atomic mass is 19.2. The summed E-state index contributed by atoms with van der Waals surface area (Å²) in [7, 11) is 0. The van der Waals surface area contributed by atoms with E-state index in [1.165, 1.54) is 0 Å². The number of imidazole rings is 1. The van der Waals surface area contributed by atoms with Crippen LogP contribution in [0.15, 0.2) is 36.4 Å². The number of carbonyl (C=O) groups is 2. The van der Waals surface area contributed by atoms with Gasteiger partial charge in [0.15, 0.2) is 17.5 Å². The molecule has 0 saturated carbocycles. The lowest BCUT2D eigenvalue weighted by Crippen LogP contribution is -2.35. The fraction of sp³-hybridized carbons (Fsp3) is 0.118. The van der Waals surface area contributed by atoms with Crippen LogP contribution in [0, 0.1) is 17.5 Å². The molecule has 2 aromatic carbocycles. The van der Waals surface area contributed by atoms with Gasteiger partial charge in [-0.25, -0.2) is 18.2 Å². The van der Waals surface area contributed by atoms with Crippen molar-refractivity contribution in [3.63, 3.8) is 0 Å². The highest BCUT2D eigenvalue weighted by Crippen LogP contribution is 2.31.